The van der Waals surface area contributed by atoms with Gasteiger partial charge >= 0.3 is 6.03 Å². The van der Waals surface area contributed by atoms with Crippen molar-refractivity contribution in [3.8, 4) is 17.2 Å². The van der Waals surface area contributed by atoms with E-state index in [4.69, 9.17) is 14.2 Å². The first-order valence-electron chi connectivity index (χ1n) is 7.47. The SMILES string of the molecule is COc1cc(OC)c(CNC(=O)Nc2ccc(C)cc2)c(OC)c1. The monoisotopic (exact) mass is 330 g/mol. The van der Waals surface area contributed by atoms with Gasteiger partial charge in [0.15, 0.2) is 0 Å². The summed E-state index contributed by atoms with van der Waals surface area (Å²) in [5, 5.41) is 5.58. The molecule has 2 aromatic rings. The Morgan fingerprint density at radius 2 is 1.54 bits per heavy atom. The molecule has 0 saturated carbocycles. The predicted molar refractivity (Wildman–Crippen MR) is 93.1 cm³/mol. The molecule has 0 radical (unpaired) electrons. The van der Waals surface area contributed by atoms with E-state index in [0.717, 1.165) is 16.8 Å². The van der Waals surface area contributed by atoms with E-state index in [1.54, 1.807) is 33.5 Å². The van der Waals surface area contributed by atoms with Crippen LogP contribution in [0.15, 0.2) is 36.4 Å². The lowest BCUT2D eigenvalue weighted by Crippen LogP contribution is -2.28. The van der Waals surface area contributed by atoms with Crippen molar-refractivity contribution in [2.24, 2.45) is 0 Å². The number of methoxy groups -OCH3 is 3. The highest BCUT2D eigenvalue weighted by Gasteiger charge is 2.14. The Labute approximate surface area is 141 Å². The number of anilines is 1. The lowest BCUT2D eigenvalue weighted by Gasteiger charge is -2.16. The number of ether oxygens (including phenoxy) is 3. The molecule has 6 nitrogen and oxygen atoms in total. The minimum atomic E-state index is -0.307. The first kappa shape index (κ1) is 17.5. The van der Waals surface area contributed by atoms with Crippen LogP contribution in [0.5, 0.6) is 17.2 Å². The Hall–Kier alpha value is -2.89. The average molecular weight is 330 g/mol. The number of hydrogen-bond acceptors (Lipinski definition) is 4. The van der Waals surface area contributed by atoms with Gasteiger partial charge in [0.05, 0.1) is 33.4 Å². The Balaban J connectivity index is 2.07. The fraction of sp³-hybridized carbons (Fsp3) is 0.278. The molecule has 0 aliphatic heterocycles. The van der Waals surface area contributed by atoms with Gasteiger partial charge in [-0.15, -0.1) is 0 Å². The number of carbonyl (C=O) groups is 1. The van der Waals surface area contributed by atoms with Crippen LogP contribution < -0.4 is 24.8 Å². The molecule has 0 fully saturated rings. The van der Waals surface area contributed by atoms with Gasteiger partial charge in [0.25, 0.3) is 0 Å². The molecular formula is C18H22N2O4. The van der Waals surface area contributed by atoms with Gasteiger partial charge in [-0.1, -0.05) is 17.7 Å². The molecule has 6 heteroatoms. The van der Waals surface area contributed by atoms with Gasteiger partial charge in [0, 0.05) is 17.8 Å². The summed E-state index contributed by atoms with van der Waals surface area (Å²) in [4.78, 5) is 12.1. The maximum absolute atomic E-state index is 12.1. The maximum Gasteiger partial charge on any atom is 0.319 e. The summed E-state index contributed by atoms with van der Waals surface area (Å²) in [5.41, 5.74) is 2.60. The molecule has 0 bridgehead atoms. The number of hydrogen-bond donors (Lipinski definition) is 2. The van der Waals surface area contributed by atoms with Crippen molar-refractivity contribution in [2.45, 2.75) is 13.5 Å². The van der Waals surface area contributed by atoms with E-state index in [1.165, 1.54) is 0 Å². The van der Waals surface area contributed by atoms with Crippen molar-refractivity contribution < 1.29 is 19.0 Å². The van der Waals surface area contributed by atoms with Gasteiger partial charge in [-0.2, -0.15) is 0 Å². The van der Waals surface area contributed by atoms with Crippen LogP contribution in [-0.4, -0.2) is 27.4 Å². The summed E-state index contributed by atoms with van der Waals surface area (Å²) >= 11 is 0. The number of rotatable bonds is 6. The lowest BCUT2D eigenvalue weighted by molar-refractivity contribution is 0.251. The Bertz CT molecular complexity index is 674. The molecule has 0 heterocycles. The van der Waals surface area contributed by atoms with Crippen molar-refractivity contribution in [1.29, 1.82) is 0 Å². The highest BCUT2D eigenvalue weighted by Crippen LogP contribution is 2.33. The first-order chi connectivity index (χ1) is 11.6. The zero-order valence-electron chi connectivity index (χ0n) is 14.3. The van der Waals surface area contributed by atoms with Gasteiger partial charge in [-0.3, -0.25) is 0 Å². The van der Waals surface area contributed by atoms with Crippen LogP contribution in [-0.2, 0) is 6.54 Å². The van der Waals surface area contributed by atoms with E-state index in [-0.39, 0.29) is 12.6 Å². The topological polar surface area (TPSA) is 68.8 Å². The standard InChI is InChI=1S/C18H22N2O4/c1-12-5-7-13(8-6-12)20-18(21)19-11-15-16(23-3)9-14(22-2)10-17(15)24-4/h5-10H,11H2,1-4H3,(H2,19,20,21). The van der Waals surface area contributed by atoms with Crippen LogP contribution in [0, 0.1) is 6.92 Å². The Kier molecular flexibility index (Phi) is 5.89. The van der Waals surface area contributed by atoms with Gasteiger partial charge in [0.2, 0.25) is 0 Å². The number of carbonyl (C=O) groups excluding carboxylic acids is 1. The third kappa shape index (κ3) is 4.32. The zero-order valence-corrected chi connectivity index (χ0v) is 14.3. The smallest absolute Gasteiger partial charge is 0.319 e. The average Bonchev–Trinajstić information content (AvgIpc) is 2.61. The summed E-state index contributed by atoms with van der Waals surface area (Å²) in [5.74, 6) is 1.79. The summed E-state index contributed by atoms with van der Waals surface area (Å²) in [6.07, 6.45) is 0. The van der Waals surface area contributed by atoms with Crippen LogP contribution in [0.3, 0.4) is 0 Å². The molecule has 0 aliphatic rings. The number of aryl methyl sites for hydroxylation is 1. The van der Waals surface area contributed by atoms with E-state index in [1.807, 2.05) is 31.2 Å². The van der Waals surface area contributed by atoms with E-state index < -0.39 is 0 Å². The van der Waals surface area contributed by atoms with Crippen molar-refractivity contribution in [1.82, 2.24) is 5.32 Å². The number of urea groups is 1. The quantitative estimate of drug-likeness (QED) is 0.852. The van der Waals surface area contributed by atoms with Crippen molar-refractivity contribution >= 4 is 11.7 Å². The third-order valence-corrected chi connectivity index (χ3v) is 3.55. The van der Waals surface area contributed by atoms with Gasteiger partial charge in [-0.05, 0) is 19.1 Å². The van der Waals surface area contributed by atoms with Gasteiger partial charge < -0.3 is 24.8 Å². The molecule has 24 heavy (non-hydrogen) atoms. The fourth-order valence-electron chi connectivity index (χ4n) is 2.23. The lowest BCUT2D eigenvalue weighted by atomic mass is 10.1. The molecule has 0 unspecified atom stereocenters. The molecule has 0 aromatic heterocycles. The normalized spacial score (nSPS) is 10.0. The largest absolute Gasteiger partial charge is 0.496 e. The third-order valence-electron chi connectivity index (χ3n) is 3.55. The molecule has 2 aromatic carbocycles. The number of benzene rings is 2. The minimum Gasteiger partial charge on any atom is -0.496 e. The highest BCUT2D eigenvalue weighted by atomic mass is 16.5. The summed E-state index contributed by atoms with van der Waals surface area (Å²) < 4.78 is 15.9. The van der Waals surface area contributed by atoms with Crippen molar-refractivity contribution in [3.63, 3.8) is 0 Å². The second-order valence-corrected chi connectivity index (χ2v) is 5.18. The van der Waals surface area contributed by atoms with Crippen LogP contribution in [0.4, 0.5) is 10.5 Å². The molecule has 2 N–H and O–H groups in total. The fourth-order valence-corrected chi connectivity index (χ4v) is 2.23. The first-order valence-corrected chi connectivity index (χ1v) is 7.47. The molecule has 2 rings (SSSR count). The van der Waals surface area contributed by atoms with E-state index in [0.29, 0.717) is 17.2 Å². The van der Waals surface area contributed by atoms with Gasteiger partial charge in [-0.25, -0.2) is 4.79 Å². The summed E-state index contributed by atoms with van der Waals surface area (Å²) in [6, 6.07) is 10.8. The molecule has 0 spiro atoms. The van der Waals surface area contributed by atoms with E-state index in [9.17, 15) is 4.79 Å². The van der Waals surface area contributed by atoms with Gasteiger partial charge in [0.1, 0.15) is 17.2 Å². The summed E-state index contributed by atoms with van der Waals surface area (Å²) in [7, 11) is 4.69. The minimum absolute atomic E-state index is 0.258. The van der Waals surface area contributed by atoms with Crippen LogP contribution in [0.2, 0.25) is 0 Å². The molecule has 0 atom stereocenters. The molecular weight excluding hydrogens is 308 g/mol. The number of nitrogens with one attached hydrogen (secondary N) is 2. The maximum atomic E-state index is 12.1. The zero-order chi connectivity index (χ0) is 17.5. The second kappa shape index (κ2) is 8.10. The molecule has 2 amide bonds. The number of amides is 2. The second-order valence-electron chi connectivity index (χ2n) is 5.18. The molecule has 0 saturated heterocycles. The predicted octanol–water partition coefficient (Wildman–Crippen LogP) is 3.34. The molecule has 0 aliphatic carbocycles. The highest BCUT2D eigenvalue weighted by molar-refractivity contribution is 5.89. The van der Waals surface area contributed by atoms with Crippen LogP contribution >= 0.6 is 0 Å². The van der Waals surface area contributed by atoms with E-state index in [2.05, 4.69) is 10.6 Å². The van der Waals surface area contributed by atoms with Crippen molar-refractivity contribution in [2.75, 3.05) is 26.6 Å². The molecule has 128 valence electrons. The van der Waals surface area contributed by atoms with Crippen LogP contribution in [0.1, 0.15) is 11.1 Å². The Morgan fingerprint density at radius 1 is 0.958 bits per heavy atom. The van der Waals surface area contributed by atoms with Crippen LogP contribution in [0.25, 0.3) is 0 Å². The van der Waals surface area contributed by atoms with Crippen molar-refractivity contribution in [3.05, 3.63) is 47.5 Å². The Morgan fingerprint density at radius 3 is 2.04 bits per heavy atom. The van der Waals surface area contributed by atoms with E-state index >= 15 is 0 Å². The summed E-state index contributed by atoms with van der Waals surface area (Å²) in [6.45, 7) is 2.25.